The van der Waals surface area contributed by atoms with E-state index >= 15 is 0 Å². The van der Waals surface area contributed by atoms with Gasteiger partial charge in [-0.1, -0.05) is 60.6 Å². The summed E-state index contributed by atoms with van der Waals surface area (Å²) in [6, 6.07) is 8.13. The molecule has 178 valence electrons. The zero-order valence-corrected chi connectivity index (χ0v) is 19.7. The van der Waals surface area contributed by atoms with Crippen molar-refractivity contribution < 1.29 is 22.8 Å². The van der Waals surface area contributed by atoms with Crippen molar-refractivity contribution in [1.82, 2.24) is 10.9 Å². The lowest BCUT2D eigenvalue weighted by atomic mass is 9.91. The summed E-state index contributed by atoms with van der Waals surface area (Å²) in [6.45, 7) is 2.03. The molecule has 1 aliphatic rings. The number of carbonyl (C=O) groups is 1. The number of halogens is 6. The quantitative estimate of drug-likeness (QED) is 0.258. The van der Waals surface area contributed by atoms with Gasteiger partial charge < -0.3 is 0 Å². The summed E-state index contributed by atoms with van der Waals surface area (Å²) in [5.41, 5.74) is 5.24. The number of nitrogens with one attached hydrogen (secondary N) is 3. The molecular formula is C22H21Cl3F3N3O2. The van der Waals surface area contributed by atoms with Crippen molar-refractivity contribution in [2.45, 2.75) is 44.4 Å². The SMILES string of the molecule is CCCCCC(=O)NNc1cc(C2=CC(c3cc(Cl)cc(Cl)c3)(C(F)(F)F)ON2)ccc1Cl. The van der Waals surface area contributed by atoms with Gasteiger partial charge >= 0.3 is 6.18 Å². The summed E-state index contributed by atoms with van der Waals surface area (Å²) >= 11 is 18.0. The molecule has 1 heterocycles. The summed E-state index contributed by atoms with van der Waals surface area (Å²) < 4.78 is 42.5. The molecule has 0 saturated carbocycles. The van der Waals surface area contributed by atoms with Crippen molar-refractivity contribution in [2.24, 2.45) is 0 Å². The molecule has 2 aromatic carbocycles. The average Bonchev–Trinajstić information content (AvgIpc) is 3.20. The van der Waals surface area contributed by atoms with Crippen molar-refractivity contribution in [3.8, 4) is 0 Å². The minimum absolute atomic E-state index is 0.0410. The van der Waals surface area contributed by atoms with Gasteiger partial charge in [0.05, 0.1) is 16.4 Å². The monoisotopic (exact) mass is 521 g/mol. The number of hydrogen-bond acceptors (Lipinski definition) is 4. The highest BCUT2D eigenvalue weighted by atomic mass is 35.5. The summed E-state index contributed by atoms with van der Waals surface area (Å²) in [5, 5.41) is 0.356. The number of alkyl halides is 3. The van der Waals surface area contributed by atoms with Crippen LogP contribution in [0.2, 0.25) is 15.1 Å². The molecule has 3 N–H and O–H groups in total. The maximum Gasteiger partial charge on any atom is 0.428 e. The Morgan fingerprint density at radius 3 is 2.42 bits per heavy atom. The molecule has 3 rings (SSSR count). The van der Waals surface area contributed by atoms with Crippen LogP contribution in [0.15, 0.2) is 42.5 Å². The molecule has 0 radical (unpaired) electrons. The minimum Gasteiger partial charge on any atom is -0.297 e. The van der Waals surface area contributed by atoms with Gasteiger partial charge in [0.1, 0.15) is 0 Å². The van der Waals surface area contributed by atoms with Crippen molar-refractivity contribution >= 4 is 52.1 Å². The van der Waals surface area contributed by atoms with E-state index in [1.54, 1.807) is 0 Å². The minimum atomic E-state index is -4.82. The molecule has 11 heteroatoms. The number of unbranched alkanes of at least 4 members (excludes halogenated alkanes) is 2. The average molecular weight is 523 g/mol. The third-order valence-corrected chi connectivity index (χ3v) is 5.77. The number of hydroxylamine groups is 1. The van der Waals surface area contributed by atoms with E-state index in [9.17, 15) is 18.0 Å². The molecule has 1 amide bonds. The van der Waals surface area contributed by atoms with E-state index in [0.717, 1.165) is 37.5 Å². The van der Waals surface area contributed by atoms with E-state index in [4.69, 9.17) is 39.6 Å². The number of hydrogen-bond donors (Lipinski definition) is 3. The molecule has 0 spiro atoms. The number of benzene rings is 2. The highest BCUT2D eigenvalue weighted by Gasteiger charge is 2.59. The van der Waals surface area contributed by atoms with E-state index in [1.165, 1.54) is 24.3 Å². The normalized spacial score (nSPS) is 18.0. The van der Waals surface area contributed by atoms with Crippen molar-refractivity contribution in [3.05, 3.63) is 68.7 Å². The Labute approximate surface area is 204 Å². The van der Waals surface area contributed by atoms with Crippen molar-refractivity contribution in [3.63, 3.8) is 0 Å². The largest absolute Gasteiger partial charge is 0.428 e. The second kappa shape index (κ2) is 10.4. The van der Waals surface area contributed by atoms with Gasteiger partial charge in [0.2, 0.25) is 11.5 Å². The van der Waals surface area contributed by atoms with Gasteiger partial charge in [-0.2, -0.15) is 13.2 Å². The van der Waals surface area contributed by atoms with E-state index < -0.39 is 11.8 Å². The fourth-order valence-electron chi connectivity index (χ4n) is 3.28. The van der Waals surface area contributed by atoms with Gasteiger partial charge in [0.25, 0.3) is 0 Å². The summed E-state index contributed by atoms with van der Waals surface area (Å²) in [6.07, 6.45) is -0.906. The molecule has 0 fully saturated rings. The Balaban J connectivity index is 1.88. The van der Waals surface area contributed by atoms with Gasteiger partial charge in [0.15, 0.2) is 0 Å². The number of amides is 1. The molecule has 0 aromatic heterocycles. The molecule has 0 saturated heterocycles. The first-order valence-electron chi connectivity index (χ1n) is 10.1. The zero-order valence-electron chi connectivity index (χ0n) is 17.5. The molecule has 0 aliphatic carbocycles. The highest BCUT2D eigenvalue weighted by molar-refractivity contribution is 6.34. The fraction of sp³-hybridized carbons (Fsp3) is 0.318. The summed E-state index contributed by atoms with van der Waals surface area (Å²) in [4.78, 5) is 17.0. The van der Waals surface area contributed by atoms with Crippen LogP contribution >= 0.6 is 34.8 Å². The number of carbonyl (C=O) groups excluding carboxylic acids is 1. The highest BCUT2D eigenvalue weighted by Crippen LogP contribution is 2.48. The third kappa shape index (κ3) is 5.87. The molecule has 0 bridgehead atoms. The van der Waals surface area contributed by atoms with Crippen LogP contribution < -0.4 is 16.3 Å². The first-order chi connectivity index (χ1) is 15.6. The summed E-state index contributed by atoms with van der Waals surface area (Å²) in [7, 11) is 0. The van der Waals surface area contributed by atoms with Crippen LogP contribution in [0.3, 0.4) is 0 Å². The topological polar surface area (TPSA) is 62.4 Å². The van der Waals surface area contributed by atoms with Gasteiger partial charge in [-0.15, -0.1) is 0 Å². The molecular weight excluding hydrogens is 502 g/mol. The van der Waals surface area contributed by atoms with Crippen molar-refractivity contribution in [2.75, 3.05) is 5.43 Å². The van der Waals surface area contributed by atoms with E-state index in [2.05, 4.69) is 16.3 Å². The second-order valence-electron chi connectivity index (χ2n) is 7.48. The van der Waals surface area contributed by atoms with Gasteiger partial charge in [-0.05, 0) is 42.8 Å². The first-order valence-corrected chi connectivity index (χ1v) is 11.2. The van der Waals surface area contributed by atoms with Crippen LogP contribution in [-0.2, 0) is 15.2 Å². The number of anilines is 1. The second-order valence-corrected chi connectivity index (χ2v) is 8.76. The van der Waals surface area contributed by atoms with Crippen LogP contribution in [-0.4, -0.2) is 12.1 Å². The van der Waals surface area contributed by atoms with Crippen LogP contribution in [0, 0.1) is 0 Å². The van der Waals surface area contributed by atoms with Crippen LogP contribution in [0.1, 0.15) is 43.7 Å². The molecule has 1 unspecified atom stereocenters. The maximum atomic E-state index is 14.2. The maximum absolute atomic E-state index is 14.2. The standard InChI is InChI=1S/C22H21Cl3F3N3O2/c1-2-3-4-5-20(32)30-29-18-8-13(6-7-17(18)25)19-12-21(33-31-19,22(26,27)28)14-9-15(23)11-16(24)10-14/h6-12,29,31H,2-5H2,1H3,(H,30,32). The number of rotatable bonds is 8. The molecule has 33 heavy (non-hydrogen) atoms. The van der Waals surface area contributed by atoms with E-state index in [-0.39, 0.29) is 32.2 Å². The van der Waals surface area contributed by atoms with Crippen molar-refractivity contribution in [1.29, 1.82) is 0 Å². The lowest BCUT2D eigenvalue weighted by Gasteiger charge is -2.28. The Bertz CT molecular complexity index is 1040. The Hall–Kier alpha value is -2.13. The van der Waals surface area contributed by atoms with Gasteiger partial charge in [0, 0.05) is 27.6 Å². The predicted molar refractivity (Wildman–Crippen MR) is 124 cm³/mol. The molecule has 1 atom stereocenters. The van der Waals surface area contributed by atoms with E-state index in [1.807, 2.05) is 6.92 Å². The van der Waals surface area contributed by atoms with Crippen LogP contribution in [0.5, 0.6) is 0 Å². The Morgan fingerprint density at radius 1 is 1.09 bits per heavy atom. The van der Waals surface area contributed by atoms with Crippen LogP contribution in [0.4, 0.5) is 18.9 Å². The lowest BCUT2D eigenvalue weighted by Crippen LogP contribution is -2.42. The molecule has 2 aromatic rings. The summed E-state index contributed by atoms with van der Waals surface area (Å²) in [5.74, 6) is -0.222. The first kappa shape index (κ1) is 25.5. The number of hydrazine groups is 1. The lowest BCUT2D eigenvalue weighted by molar-refractivity contribution is -0.269. The Morgan fingerprint density at radius 2 is 1.79 bits per heavy atom. The predicted octanol–water partition coefficient (Wildman–Crippen LogP) is 7.00. The Kier molecular flexibility index (Phi) is 8.05. The van der Waals surface area contributed by atoms with Crippen LogP contribution in [0.25, 0.3) is 5.70 Å². The van der Waals surface area contributed by atoms with Gasteiger partial charge in [-0.3, -0.25) is 26.0 Å². The van der Waals surface area contributed by atoms with Gasteiger partial charge in [-0.25, -0.2) is 0 Å². The zero-order chi connectivity index (χ0) is 24.2. The smallest absolute Gasteiger partial charge is 0.297 e. The molecule has 1 aliphatic heterocycles. The molecule has 5 nitrogen and oxygen atoms in total. The third-order valence-electron chi connectivity index (χ3n) is 5.00. The van der Waals surface area contributed by atoms with E-state index in [0.29, 0.717) is 17.7 Å². The fourth-order valence-corrected chi connectivity index (χ4v) is 3.97.